The summed E-state index contributed by atoms with van der Waals surface area (Å²) in [5.74, 6) is 0.499. The molecule has 11 heteroatoms. The van der Waals surface area contributed by atoms with Gasteiger partial charge in [0.15, 0.2) is 0 Å². The monoisotopic (exact) mass is 454 g/mol. The smallest absolute Gasteiger partial charge is 0.407 e. The molecule has 0 saturated carbocycles. The fraction of sp³-hybridized carbons (Fsp3) is 0.190. The molecule has 1 saturated heterocycles. The van der Waals surface area contributed by atoms with E-state index in [0.717, 1.165) is 0 Å². The van der Waals surface area contributed by atoms with Crippen LogP contribution in [0.5, 0.6) is 0 Å². The molecule has 1 aliphatic rings. The molecule has 1 fully saturated rings. The standard InChI is InChI=1S/C13H14N4O3.C8H5ClN2O/c18-11-9-3-1-2-4-10(9)14-12(15-11)16-5-7-17(8-6-16)13(19)20;9-8-10-6-4-2-1-3-5(6)7(12)11-8/h1-4H,5-8H2,(H,19,20)(H,14,15,18);1-4H,(H,10,11,12). The van der Waals surface area contributed by atoms with Gasteiger partial charge in [0.2, 0.25) is 11.2 Å². The molecule has 4 aromatic rings. The van der Waals surface area contributed by atoms with Crippen molar-refractivity contribution in [3.63, 3.8) is 0 Å². The van der Waals surface area contributed by atoms with Crippen LogP contribution in [-0.4, -0.2) is 62.2 Å². The SMILES string of the molecule is O=C(O)N1CCN(c2nc3ccccc3c(=O)[nH]2)CC1.O=c1[nH]c(Cl)nc2ccccc12. The molecular weight excluding hydrogens is 436 g/mol. The number of carboxylic acid groups (broad SMARTS) is 1. The van der Waals surface area contributed by atoms with Gasteiger partial charge in [-0.3, -0.25) is 19.6 Å². The van der Waals surface area contributed by atoms with Crippen molar-refractivity contribution in [2.24, 2.45) is 0 Å². The van der Waals surface area contributed by atoms with Crippen molar-refractivity contribution in [1.82, 2.24) is 24.8 Å². The van der Waals surface area contributed by atoms with E-state index >= 15 is 0 Å². The molecule has 3 N–H and O–H groups in total. The highest BCUT2D eigenvalue weighted by atomic mass is 35.5. The number of benzene rings is 2. The number of rotatable bonds is 1. The highest BCUT2D eigenvalue weighted by molar-refractivity contribution is 6.28. The van der Waals surface area contributed by atoms with Crippen LogP contribution in [0.2, 0.25) is 5.28 Å². The van der Waals surface area contributed by atoms with Gasteiger partial charge in [0.05, 0.1) is 21.8 Å². The van der Waals surface area contributed by atoms with Crippen LogP contribution in [0, 0.1) is 0 Å². The van der Waals surface area contributed by atoms with E-state index in [1.165, 1.54) is 4.90 Å². The van der Waals surface area contributed by atoms with E-state index in [-0.39, 0.29) is 16.4 Å². The van der Waals surface area contributed by atoms with Crippen molar-refractivity contribution in [2.75, 3.05) is 31.1 Å². The van der Waals surface area contributed by atoms with E-state index in [9.17, 15) is 14.4 Å². The molecule has 2 aromatic heterocycles. The lowest BCUT2D eigenvalue weighted by Crippen LogP contribution is -2.49. The molecule has 0 bridgehead atoms. The second-order valence-corrected chi connectivity index (χ2v) is 7.40. The second-order valence-electron chi connectivity index (χ2n) is 7.04. The fourth-order valence-electron chi connectivity index (χ4n) is 3.39. The van der Waals surface area contributed by atoms with Gasteiger partial charge in [-0.1, -0.05) is 24.3 Å². The Kier molecular flexibility index (Phi) is 6.04. The van der Waals surface area contributed by atoms with E-state index in [4.69, 9.17) is 16.7 Å². The minimum Gasteiger partial charge on any atom is -0.465 e. The number of piperazine rings is 1. The Bertz CT molecular complexity index is 1390. The number of hydrogen-bond donors (Lipinski definition) is 3. The minimum absolute atomic E-state index is 0.124. The lowest BCUT2D eigenvalue weighted by molar-refractivity contribution is 0.142. The molecule has 5 rings (SSSR count). The van der Waals surface area contributed by atoms with Crippen molar-refractivity contribution >= 4 is 45.4 Å². The summed E-state index contributed by atoms with van der Waals surface area (Å²) in [5, 5.41) is 10.2. The number of para-hydroxylation sites is 2. The summed E-state index contributed by atoms with van der Waals surface area (Å²) < 4.78 is 0. The highest BCUT2D eigenvalue weighted by Crippen LogP contribution is 2.13. The van der Waals surface area contributed by atoms with Crippen LogP contribution >= 0.6 is 11.6 Å². The molecule has 0 radical (unpaired) electrons. The topological polar surface area (TPSA) is 135 Å². The molecule has 3 heterocycles. The number of fused-ring (bicyclic) bond motifs is 2. The van der Waals surface area contributed by atoms with Crippen LogP contribution in [0.1, 0.15) is 0 Å². The highest BCUT2D eigenvalue weighted by Gasteiger charge is 2.22. The van der Waals surface area contributed by atoms with E-state index in [1.807, 2.05) is 17.0 Å². The summed E-state index contributed by atoms with van der Waals surface area (Å²) in [6, 6.07) is 14.2. The number of carbonyl (C=O) groups is 1. The van der Waals surface area contributed by atoms with E-state index < -0.39 is 6.09 Å². The van der Waals surface area contributed by atoms with Crippen LogP contribution in [-0.2, 0) is 0 Å². The van der Waals surface area contributed by atoms with Gasteiger partial charge in [-0.15, -0.1) is 0 Å². The number of nitrogens with zero attached hydrogens (tertiary/aromatic N) is 4. The number of H-pyrrole nitrogens is 2. The lowest BCUT2D eigenvalue weighted by Gasteiger charge is -2.33. The molecule has 0 spiro atoms. The normalized spacial score (nSPS) is 13.7. The van der Waals surface area contributed by atoms with Crippen LogP contribution in [0.3, 0.4) is 0 Å². The molecule has 0 aliphatic carbocycles. The molecular formula is C21H19ClN6O4. The third kappa shape index (κ3) is 4.54. The summed E-state index contributed by atoms with van der Waals surface area (Å²) in [7, 11) is 0. The molecule has 2 aromatic carbocycles. The van der Waals surface area contributed by atoms with Crippen molar-refractivity contribution < 1.29 is 9.90 Å². The predicted octanol–water partition coefficient (Wildman–Crippen LogP) is 2.30. The average Bonchev–Trinajstić information content (AvgIpc) is 2.79. The first-order chi connectivity index (χ1) is 15.4. The molecule has 164 valence electrons. The first-order valence-electron chi connectivity index (χ1n) is 9.79. The summed E-state index contributed by atoms with van der Waals surface area (Å²) in [6.07, 6.45) is -0.912. The van der Waals surface area contributed by atoms with Gasteiger partial charge in [0.1, 0.15) is 0 Å². The van der Waals surface area contributed by atoms with Gasteiger partial charge < -0.3 is 14.9 Å². The van der Waals surface area contributed by atoms with Crippen molar-refractivity contribution in [1.29, 1.82) is 0 Å². The van der Waals surface area contributed by atoms with Crippen LogP contribution in [0.4, 0.5) is 10.7 Å². The third-order valence-electron chi connectivity index (χ3n) is 5.03. The second kappa shape index (κ2) is 9.06. The van der Waals surface area contributed by atoms with Gasteiger partial charge in [-0.05, 0) is 35.9 Å². The molecule has 0 unspecified atom stereocenters. The molecule has 0 atom stereocenters. The fourth-order valence-corrected chi connectivity index (χ4v) is 3.57. The van der Waals surface area contributed by atoms with Gasteiger partial charge in [-0.2, -0.15) is 0 Å². The van der Waals surface area contributed by atoms with Crippen LogP contribution in [0.25, 0.3) is 21.8 Å². The van der Waals surface area contributed by atoms with Crippen molar-refractivity contribution in [2.45, 2.75) is 0 Å². The number of halogens is 1. The Labute approximate surface area is 186 Å². The van der Waals surface area contributed by atoms with Crippen molar-refractivity contribution in [3.05, 3.63) is 74.5 Å². The van der Waals surface area contributed by atoms with E-state index in [1.54, 1.807) is 36.4 Å². The zero-order valence-corrected chi connectivity index (χ0v) is 17.5. The average molecular weight is 455 g/mol. The van der Waals surface area contributed by atoms with Crippen LogP contribution in [0.15, 0.2) is 58.1 Å². The Hall–Kier alpha value is -3.92. The first kappa shape index (κ1) is 21.3. The Morgan fingerprint density at radius 2 is 1.38 bits per heavy atom. The lowest BCUT2D eigenvalue weighted by atomic mass is 10.2. The maximum atomic E-state index is 12.0. The largest absolute Gasteiger partial charge is 0.465 e. The van der Waals surface area contributed by atoms with E-state index in [0.29, 0.717) is 53.9 Å². The summed E-state index contributed by atoms with van der Waals surface area (Å²) in [4.78, 5) is 50.9. The number of nitrogens with one attached hydrogen (secondary N) is 2. The summed E-state index contributed by atoms with van der Waals surface area (Å²) in [6.45, 7) is 1.86. The van der Waals surface area contributed by atoms with E-state index in [2.05, 4.69) is 19.9 Å². The first-order valence-corrected chi connectivity index (χ1v) is 10.2. The van der Waals surface area contributed by atoms with Crippen LogP contribution < -0.4 is 16.0 Å². The minimum atomic E-state index is -0.912. The van der Waals surface area contributed by atoms with Crippen molar-refractivity contribution in [3.8, 4) is 0 Å². The number of anilines is 1. The Morgan fingerprint density at radius 3 is 1.97 bits per heavy atom. The maximum absolute atomic E-state index is 12.0. The third-order valence-corrected chi connectivity index (χ3v) is 5.21. The number of hydrogen-bond acceptors (Lipinski definition) is 6. The maximum Gasteiger partial charge on any atom is 0.407 e. The number of aromatic amines is 2. The van der Waals surface area contributed by atoms with Gasteiger partial charge >= 0.3 is 6.09 Å². The zero-order chi connectivity index (χ0) is 22.7. The Balaban J connectivity index is 0.000000174. The molecule has 1 amide bonds. The number of aromatic nitrogens is 4. The van der Waals surface area contributed by atoms with Gasteiger partial charge in [-0.25, -0.2) is 14.8 Å². The Morgan fingerprint density at radius 1 is 0.844 bits per heavy atom. The molecule has 32 heavy (non-hydrogen) atoms. The molecule has 10 nitrogen and oxygen atoms in total. The quantitative estimate of drug-likeness (QED) is 0.375. The predicted molar refractivity (Wildman–Crippen MR) is 122 cm³/mol. The zero-order valence-electron chi connectivity index (χ0n) is 16.8. The number of amides is 1. The van der Waals surface area contributed by atoms with Gasteiger partial charge in [0, 0.05) is 26.2 Å². The molecule has 1 aliphatic heterocycles. The van der Waals surface area contributed by atoms with Gasteiger partial charge in [0.25, 0.3) is 11.1 Å². The summed E-state index contributed by atoms with van der Waals surface area (Å²) >= 11 is 5.56. The summed E-state index contributed by atoms with van der Waals surface area (Å²) in [5.41, 5.74) is 0.884.